The highest BCUT2D eigenvalue weighted by Gasteiger charge is 2.18. The van der Waals surface area contributed by atoms with Crippen LogP contribution in [0.15, 0.2) is 34.9 Å². The lowest BCUT2D eigenvalue weighted by atomic mass is 9.97. The average molecular weight is 343 g/mol. The Kier molecular flexibility index (Phi) is 5.83. The Labute approximate surface area is 147 Å². The minimum absolute atomic E-state index is 0.115. The van der Waals surface area contributed by atoms with Gasteiger partial charge in [-0.3, -0.25) is 9.69 Å². The maximum Gasteiger partial charge on any atom is 0.251 e. The van der Waals surface area contributed by atoms with Gasteiger partial charge in [0.05, 0.1) is 6.54 Å². The average Bonchev–Trinajstić information content (AvgIpc) is 3.06. The van der Waals surface area contributed by atoms with Crippen LogP contribution in [0, 0.1) is 12.8 Å². The number of amides is 1. The third kappa shape index (κ3) is 4.90. The largest absolute Gasteiger partial charge is 0.396 e. The van der Waals surface area contributed by atoms with E-state index in [4.69, 9.17) is 4.52 Å². The molecule has 1 aliphatic rings. The molecule has 0 aliphatic carbocycles. The minimum Gasteiger partial charge on any atom is -0.396 e. The van der Waals surface area contributed by atoms with Gasteiger partial charge < -0.3 is 14.9 Å². The third-order valence-electron chi connectivity index (χ3n) is 4.69. The summed E-state index contributed by atoms with van der Waals surface area (Å²) in [6, 6.07) is 9.54. The number of hydrogen-bond donors (Lipinski definition) is 2. The van der Waals surface area contributed by atoms with Crippen molar-refractivity contribution in [2.75, 3.05) is 19.7 Å². The van der Waals surface area contributed by atoms with Crippen LogP contribution in [0.3, 0.4) is 0 Å². The number of benzene rings is 1. The molecule has 6 heteroatoms. The highest BCUT2D eigenvalue weighted by atomic mass is 16.5. The van der Waals surface area contributed by atoms with Gasteiger partial charge in [-0.2, -0.15) is 0 Å². The zero-order valence-corrected chi connectivity index (χ0v) is 14.6. The van der Waals surface area contributed by atoms with Crippen LogP contribution in [0.1, 0.15) is 40.2 Å². The van der Waals surface area contributed by atoms with Crippen LogP contribution in [-0.2, 0) is 13.1 Å². The molecule has 0 bridgehead atoms. The monoisotopic (exact) mass is 343 g/mol. The van der Waals surface area contributed by atoms with Gasteiger partial charge in [0, 0.05) is 24.8 Å². The summed E-state index contributed by atoms with van der Waals surface area (Å²) in [5.41, 5.74) is 2.56. The van der Waals surface area contributed by atoms with E-state index in [1.165, 1.54) is 5.56 Å². The molecule has 6 nitrogen and oxygen atoms in total. The molecule has 1 amide bonds. The Morgan fingerprint density at radius 3 is 2.64 bits per heavy atom. The zero-order chi connectivity index (χ0) is 17.6. The van der Waals surface area contributed by atoms with Crippen molar-refractivity contribution < 1.29 is 14.4 Å². The molecule has 2 aromatic rings. The Hall–Kier alpha value is -2.18. The van der Waals surface area contributed by atoms with Gasteiger partial charge in [0.25, 0.3) is 5.91 Å². The summed E-state index contributed by atoms with van der Waals surface area (Å²) in [5, 5.41) is 15.9. The quantitative estimate of drug-likeness (QED) is 0.840. The summed E-state index contributed by atoms with van der Waals surface area (Å²) in [6.07, 6.45) is 2.11. The predicted octanol–water partition coefficient (Wildman–Crippen LogP) is 2.12. The molecule has 3 rings (SSSR count). The number of rotatable bonds is 6. The number of carbonyl (C=O) groups is 1. The van der Waals surface area contributed by atoms with Gasteiger partial charge in [-0.05, 0) is 56.5 Å². The summed E-state index contributed by atoms with van der Waals surface area (Å²) in [6.45, 7) is 5.40. The van der Waals surface area contributed by atoms with Gasteiger partial charge in [-0.25, -0.2) is 0 Å². The fourth-order valence-corrected chi connectivity index (χ4v) is 3.12. The number of piperidine rings is 1. The maximum absolute atomic E-state index is 12.2. The number of carbonyl (C=O) groups excluding carboxylic acids is 1. The summed E-state index contributed by atoms with van der Waals surface area (Å²) in [4.78, 5) is 14.6. The lowest BCUT2D eigenvalue weighted by molar-refractivity contribution is 0.0950. The van der Waals surface area contributed by atoms with Crippen LogP contribution >= 0.6 is 0 Å². The second kappa shape index (κ2) is 8.27. The number of nitrogens with zero attached hydrogens (tertiary/aromatic N) is 2. The van der Waals surface area contributed by atoms with E-state index in [1.807, 2.05) is 37.3 Å². The molecule has 0 saturated carbocycles. The van der Waals surface area contributed by atoms with E-state index in [9.17, 15) is 9.90 Å². The molecule has 134 valence electrons. The molecule has 25 heavy (non-hydrogen) atoms. The molecule has 1 aliphatic heterocycles. The molecular formula is C19H25N3O3. The highest BCUT2D eigenvalue weighted by molar-refractivity contribution is 5.94. The lowest BCUT2D eigenvalue weighted by Crippen LogP contribution is -2.34. The topological polar surface area (TPSA) is 78.6 Å². The Morgan fingerprint density at radius 1 is 1.32 bits per heavy atom. The molecule has 0 atom stereocenters. The van der Waals surface area contributed by atoms with E-state index in [1.54, 1.807) is 0 Å². The minimum atomic E-state index is -0.115. The van der Waals surface area contributed by atoms with E-state index >= 15 is 0 Å². The van der Waals surface area contributed by atoms with Crippen LogP contribution in [-0.4, -0.2) is 40.8 Å². The van der Waals surface area contributed by atoms with Gasteiger partial charge in [0.1, 0.15) is 11.5 Å². The Morgan fingerprint density at radius 2 is 2.04 bits per heavy atom. The maximum atomic E-state index is 12.2. The summed E-state index contributed by atoms with van der Waals surface area (Å²) in [5.74, 6) is 1.07. The number of aromatic nitrogens is 1. The first-order chi connectivity index (χ1) is 12.1. The predicted molar refractivity (Wildman–Crippen MR) is 93.9 cm³/mol. The van der Waals surface area contributed by atoms with E-state index in [2.05, 4.69) is 15.4 Å². The lowest BCUT2D eigenvalue weighted by Gasteiger charge is -2.31. The van der Waals surface area contributed by atoms with E-state index in [0.717, 1.165) is 38.2 Å². The highest BCUT2D eigenvalue weighted by Crippen LogP contribution is 2.18. The van der Waals surface area contributed by atoms with Crippen LogP contribution in [0.25, 0.3) is 0 Å². The van der Waals surface area contributed by atoms with Crippen molar-refractivity contribution in [3.05, 3.63) is 52.9 Å². The van der Waals surface area contributed by atoms with Crippen molar-refractivity contribution in [3.63, 3.8) is 0 Å². The molecule has 2 heterocycles. The first-order valence-corrected chi connectivity index (χ1v) is 8.76. The van der Waals surface area contributed by atoms with Crippen molar-refractivity contribution in [1.82, 2.24) is 15.4 Å². The van der Waals surface area contributed by atoms with Crippen molar-refractivity contribution >= 4 is 5.91 Å². The first kappa shape index (κ1) is 17.6. The van der Waals surface area contributed by atoms with Gasteiger partial charge in [-0.15, -0.1) is 0 Å². The Bertz CT molecular complexity index is 688. The zero-order valence-electron chi connectivity index (χ0n) is 14.6. The molecule has 1 saturated heterocycles. The third-order valence-corrected chi connectivity index (χ3v) is 4.69. The number of hydrogen-bond acceptors (Lipinski definition) is 5. The van der Waals surface area contributed by atoms with Crippen LogP contribution in [0.2, 0.25) is 0 Å². The second-order valence-corrected chi connectivity index (χ2v) is 6.71. The van der Waals surface area contributed by atoms with Gasteiger partial charge >= 0.3 is 0 Å². The van der Waals surface area contributed by atoms with Gasteiger partial charge in [0.15, 0.2) is 0 Å². The standard InChI is InChI=1S/C19H25N3O3/c1-14-10-18(21-25-14)11-20-19(24)17-4-2-15(3-5-17)12-22-8-6-16(13-23)7-9-22/h2-5,10,16,23H,6-9,11-13H2,1H3,(H,20,24). The summed E-state index contributed by atoms with van der Waals surface area (Å²) in [7, 11) is 0. The second-order valence-electron chi connectivity index (χ2n) is 6.71. The van der Waals surface area contributed by atoms with Crippen LogP contribution < -0.4 is 5.32 Å². The van der Waals surface area contributed by atoms with E-state index in [0.29, 0.717) is 30.3 Å². The van der Waals surface area contributed by atoms with Gasteiger partial charge in [-0.1, -0.05) is 17.3 Å². The van der Waals surface area contributed by atoms with Crippen molar-refractivity contribution in [2.24, 2.45) is 5.92 Å². The molecule has 2 N–H and O–H groups in total. The smallest absolute Gasteiger partial charge is 0.251 e. The van der Waals surface area contributed by atoms with Crippen molar-refractivity contribution in [1.29, 1.82) is 0 Å². The van der Waals surface area contributed by atoms with E-state index in [-0.39, 0.29) is 5.91 Å². The van der Waals surface area contributed by atoms with E-state index < -0.39 is 0 Å². The summed E-state index contributed by atoms with van der Waals surface area (Å²) < 4.78 is 4.98. The fourth-order valence-electron chi connectivity index (χ4n) is 3.12. The number of aliphatic hydroxyl groups is 1. The Balaban J connectivity index is 1.49. The van der Waals surface area contributed by atoms with Crippen molar-refractivity contribution in [2.45, 2.75) is 32.9 Å². The molecule has 1 aromatic carbocycles. The molecular weight excluding hydrogens is 318 g/mol. The molecule has 0 spiro atoms. The molecule has 1 fully saturated rings. The normalized spacial score (nSPS) is 16.1. The molecule has 1 aromatic heterocycles. The van der Waals surface area contributed by atoms with Crippen LogP contribution in [0.4, 0.5) is 0 Å². The molecule has 0 radical (unpaired) electrons. The number of aliphatic hydroxyl groups excluding tert-OH is 1. The molecule has 0 unspecified atom stereocenters. The number of aryl methyl sites for hydroxylation is 1. The van der Waals surface area contributed by atoms with Gasteiger partial charge in [0.2, 0.25) is 0 Å². The number of nitrogens with one attached hydrogen (secondary N) is 1. The van der Waals surface area contributed by atoms with Crippen LogP contribution in [0.5, 0.6) is 0 Å². The SMILES string of the molecule is Cc1cc(CNC(=O)c2ccc(CN3CCC(CO)CC3)cc2)no1. The van der Waals surface area contributed by atoms with Crippen molar-refractivity contribution in [3.8, 4) is 0 Å². The fraction of sp³-hybridized carbons (Fsp3) is 0.474. The summed E-state index contributed by atoms with van der Waals surface area (Å²) >= 11 is 0. The number of likely N-dealkylation sites (tertiary alicyclic amines) is 1. The first-order valence-electron chi connectivity index (χ1n) is 8.76.